The van der Waals surface area contributed by atoms with Crippen molar-refractivity contribution in [3.63, 3.8) is 0 Å². The summed E-state index contributed by atoms with van der Waals surface area (Å²) in [5.41, 5.74) is 0.758. The summed E-state index contributed by atoms with van der Waals surface area (Å²) in [7, 11) is 0. The molecule has 0 saturated carbocycles. The van der Waals surface area contributed by atoms with E-state index in [1.165, 1.54) is 9.42 Å². The zero-order chi connectivity index (χ0) is 18.3. The number of carbonyl (C=O) groups is 2. The Bertz CT molecular complexity index is 953. The maximum absolute atomic E-state index is 12.8. The fourth-order valence-corrected chi connectivity index (χ4v) is 3.07. The topological polar surface area (TPSA) is 83.7 Å². The van der Waals surface area contributed by atoms with Gasteiger partial charge >= 0.3 is 0 Å². The Morgan fingerprint density at radius 3 is 2.77 bits per heavy atom. The minimum absolute atomic E-state index is 0.0308. The molecule has 1 saturated heterocycles. The number of benzene rings is 1. The van der Waals surface area contributed by atoms with Crippen LogP contribution in [0.2, 0.25) is 5.02 Å². The predicted octanol–water partition coefficient (Wildman–Crippen LogP) is 1.66. The van der Waals surface area contributed by atoms with Crippen molar-refractivity contribution in [2.75, 3.05) is 18.0 Å². The molecule has 3 aromatic rings. The lowest BCUT2D eigenvalue weighted by atomic mass is 10.1. The molecule has 2 aromatic heterocycles. The van der Waals surface area contributed by atoms with Crippen LogP contribution in [-0.4, -0.2) is 55.4 Å². The number of fused-ring (bicyclic) bond motifs is 1. The molecule has 2 amide bonds. The molecule has 1 fully saturated rings. The second-order valence-corrected chi connectivity index (χ2v) is 6.50. The lowest BCUT2D eigenvalue weighted by Crippen LogP contribution is -2.57. The Kier molecular flexibility index (Phi) is 4.04. The lowest BCUT2D eigenvalue weighted by molar-refractivity contribution is -0.121. The lowest BCUT2D eigenvalue weighted by Gasteiger charge is -2.38. The molecule has 1 aliphatic rings. The maximum Gasteiger partial charge on any atom is 0.294 e. The summed E-state index contributed by atoms with van der Waals surface area (Å²) < 4.78 is 1.43. The second kappa shape index (κ2) is 6.38. The van der Waals surface area contributed by atoms with E-state index in [1.54, 1.807) is 47.6 Å². The number of anilines is 1. The number of hydrogen-bond acceptors (Lipinski definition) is 5. The molecule has 0 unspecified atom stereocenters. The van der Waals surface area contributed by atoms with Crippen molar-refractivity contribution in [1.29, 1.82) is 0 Å². The Morgan fingerprint density at radius 2 is 2.04 bits per heavy atom. The van der Waals surface area contributed by atoms with Gasteiger partial charge in [-0.2, -0.15) is 4.98 Å². The van der Waals surface area contributed by atoms with Gasteiger partial charge in [0, 0.05) is 35.7 Å². The molecule has 1 atom stereocenters. The molecule has 0 aliphatic carbocycles. The van der Waals surface area contributed by atoms with Crippen LogP contribution in [0.5, 0.6) is 0 Å². The number of nitrogens with zero attached hydrogens (tertiary/aromatic N) is 6. The first-order chi connectivity index (χ1) is 12.5. The number of piperazine rings is 1. The average Bonchev–Trinajstić information content (AvgIpc) is 3.08. The van der Waals surface area contributed by atoms with Crippen molar-refractivity contribution in [2.24, 2.45) is 0 Å². The maximum atomic E-state index is 12.8. The SMILES string of the molecule is C[C@@H]1CN(c2ccc(Cl)cc2)C(=O)CN1C(=O)c1nc2ncccn2n1. The van der Waals surface area contributed by atoms with E-state index in [-0.39, 0.29) is 30.2 Å². The number of aromatic nitrogens is 4. The summed E-state index contributed by atoms with van der Waals surface area (Å²) >= 11 is 5.90. The fraction of sp³-hybridized carbons (Fsp3) is 0.235. The van der Waals surface area contributed by atoms with Crippen molar-refractivity contribution in [1.82, 2.24) is 24.5 Å². The Morgan fingerprint density at radius 1 is 1.27 bits per heavy atom. The van der Waals surface area contributed by atoms with Gasteiger partial charge in [0.2, 0.25) is 11.7 Å². The van der Waals surface area contributed by atoms with Crippen LogP contribution < -0.4 is 4.90 Å². The number of rotatable bonds is 2. The number of hydrogen-bond donors (Lipinski definition) is 0. The van der Waals surface area contributed by atoms with Crippen LogP contribution in [0.4, 0.5) is 5.69 Å². The van der Waals surface area contributed by atoms with Gasteiger partial charge in [-0.25, -0.2) is 9.50 Å². The summed E-state index contributed by atoms with van der Waals surface area (Å²) in [5.74, 6) is -0.175. The Labute approximate surface area is 154 Å². The third kappa shape index (κ3) is 2.88. The van der Waals surface area contributed by atoms with Crippen LogP contribution in [0, 0.1) is 0 Å². The standard InChI is InChI=1S/C17H15ClN6O2/c1-11-9-23(13-5-3-12(18)4-6-13)14(25)10-22(11)16(26)15-20-17-19-7-2-8-24(17)21-15/h2-8,11H,9-10H2,1H3/t11-/m1/s1. The number of amides is 2. The summed E-state index contributed by atoms with van der Waals surface area (Å²) in [6.45, 7) is 2.24. The third-order valence-corrected chi connectivity index (χ3v) is 4.54. The zero-order valence-corrected chi connectivity index (χ0v) is 14.7. The average molecular weight is 371 g/mol. The van der Waals surface area contributed by atoms with Gasteiger partial charge in [-0.05, 0) is 37.3 Å². The molecular weight excluding hydrogens is 356 g/mol. The molecule has 0 radical (unpaired) electrons. The highest BCUT2D eigenvalue weighted by molar-refractivity contribution is 6.30. The van der Waals surface area contributed by atoms with Crippen molar-refractivity contribution in [2.45, 2.75) is 13.0 Å². The molecule has 26 heavy (non-hydrogen) atoms. The molecule has 132 valence electrons. The van der Waals surface area contributed by atoms with Gasteiger partial charge in [-0.3, -0.25) is 9.59 Å². The molecule has 9 heteroatoms. The van der Waals surface area contributed by atoms with Crippen LogP contribution in [0.25, 0.3) is 5.78 Å². The van der Waals surface area contributed by atoms with Gasteiger partial charge in [0.15, 0.2) is 0 Å². The van der Waals surface area contributed by atoms with E-state index in [2.05, 4.69) is 15.1 Å². The molecule has 0 N–H and O–H groups in total. The molecular formula is C17H15ClN6O2. The Balaban J connectivity index is 1.56. The predicted molar refractivity (Wildman–Crippen MR) is 95.1 cm³/mol. The van der Waals surface area contributed by atoms with E-state index < -0.39 is 0 Å². The van der Waals surface area contributed by atoms with Crippen molar-refractivity contribution < 1.29 is 9.59 Å². The van der Waals surface area contributed by atoms with Crippen LogP contribution in [0.15, 0.2) is 42.7 Å². The highest BCUT2D eigenvalue weighted by Gasteiger charge is 2.35. The van der Waals surface area contributed by atoms with Crippen LogP contribution in [-0.2, 0) is 4.79 Å². The minimum Gasteiger partial charge on any atom is -0.322 e. The van der Waals surface area contributed by atoms with Crippen LogP contribution in [0.3, 0.4) is 0 Å². The zero-order valence-electron chi connectivity index (χ0n) is 13.9. The molecule has 0 bridgehead atoms. The summed E-state index contributed by atoms with van der Waals surface area (Å²) in [6, 6.07) is 8.57. The van der Waals surface area contributed by atoms with E-state index >= 15 is 0 Å². The summed E-state index contributed by atoms with van der Waals surface area (Å²) in [6.07, 6.45) is 3.24. The van der Waals surface area contributed by atoms with E-state index in [9.17, 15) is 9.59 Å². The van der Waals surface area contributed by atoms with Gasteiger partial charge in [-0.1, -0.05) is 11.6 Å². The molecule has 8 nitrogen and oxygen atoms in total. The number of carbonyl (C=O) groups excluding carboxylic acids is 2. The van der Waals surface area contributed by atoms with Crippen LogP contribution in [0.1, 0.15) is 17.5 Å². The largest absolute Gasteiger partial charge is 0.322 e. The van der Waals surface area contributed by atoms with Gasteiger partial charge < -0.3 is 9.80 Å². The smallest absolute Gasteiger partial charge is 0.294 e. The van der Waals surface area contributed by atoms with Gasteiger partial charge in [0.05, 0.1) is 0 Å². The van der Waals surface area contributed by atoms with Gasteiger partial charge in [-0.15, -0.1) is 5.10 Å². The van der Waals surface area contributed by atoms with Crippen molar-refractivity contribution in [3.8, 4) is 0 Å². The van der Waals surface area contributed by atoms with E-state index in [4.69, 9.17) is 11.6 Å². The first-order valence-electron chi connectivity index (χ1n) is 8.07. The molecule has 4 rings (SSSR count). The summed E-state index contributed by atoms with van der Waals surface area (Å²) in [5, 5.41) is 4.75. The normalized spacial score (nSPS) is 17.8. The van der Waals surface area contributed by atoms with Gasteiger partial charge in [0.1, 0.15) is 6.54 Å². The molecule has 0 spiro atoms. The fourth-order valence-electron chi connectivity index (χ4n) is 2.95. The van der Waals surface area contributed by atoms with E-state index in [0.717, 1.165) is 5.69 Å². The van der Waals surface area contributed by atoms with Crippen molar-refractivity contribution >= 4 is 34.9 Å². The molecule has 3 heterocycles. The van der Waals surface area contributed by atoms with Crippen molar-refractivity contribution in [3.05, 3.63) is 53.6 Å². The molecule has 1 aliphatic heterocycles. The monoisotopic (exact) mass is 370 g/mol. The summed E-state index contributed by atoms with van der Waals surface area (Å²) in [4.78, 5) is 36.7. The van der Waals surface area contributed by atoms with E-state index in [1.807, 2.05) is 6.92 Å². The Hall–Kier alpha value is -3.00. The highest BCUT2D eigenvalue weighted by atomic mass is 35.5. The minimum atomic E-state index is -0.382. The number of halogens is 1. The van der Waals surface area contributed by atoms with Crippen LogP contribution >= 0.6 is 11.6 Å². The highest BCUT2D eigenvalue weighted by Crippen LogP contribution is 2.23. The third-order valence-electron chi connectivity index (χ3n) is 4.29. The van der Waals surface area contributed by atoms with E-state index in [0.29, 0.717) is 17.3 Å². The van der Waals surface area contributed by atoms with Gasteiger partial charge in [0.25, 0.3) is 11.7 Å². The first kappa shape index (κ1) is 16.5. The first-order valence-corrected chi connectivity index (χ1v) is 8.45. The second-order valence-electron chi connectivity index (χ2n) is 6.06. The quantitative estimate of drug-likeness (QED) is 0.685. The molecule has 1 aromatic carbocycles.